The van der Waals surface area contributed by atoms with Crippen LogP contribution in [0.25, 0.3) is 0 Å². The summed E-state index contributed by atoms with van der Waals surface area (Å²) in [6, 6.07) is 0. The van der Waals surface area contributed by atoms with E-state index < -0.39 is 36.8 Å². The molecule has 1 rings (SSSR count). The summed E-state index contributed by atoms with van der Waals surface area (Å²) >= 11 is 0. The SMILES string of the molecule is C[C@@H](O)[C@H]1O[C@@H](O)[C@@H](O)[C@@H](O)[C@@H]1O. The molecule has 1 aliphatic heterocycles. The van der Waals surface area contributed by atoms with E-state index in [2.05, 4.69) is 4.74 Å². The van der Waals surface area contributed by atoms with Gasteiger partial charge >= 0.3 is 0 Å². The van der Waals surface area contributed by atoms with Crippen molar-refractivity contribution in [1.82, 2.24) is 0 Å². The predicted octanol–water partition coefficient (Wildman–Crippen LogP) is -2.83. The van der Waals surface area contributed by atoms with Crippen molar-refractivity contribution in [2.45, 2.75) is 43.7 Å². The fourth-order valence-corrected chi connectivity index (χ4v) is 1.29. The summed E-state index contributed by atoms with van der Waals surface area (Å²) in [6.07, 6.45) is -8.18. The van der Waals surface area contributed by atoms with Gasteiger partial charge in [0.1, 0.15) is 24.4 Å². The molecule has 1 fully saturated rings. The third-order valence-electron chi connectivity index (χ3n) is 2.10. The molecule has 0 amide bonds. The molecule has 6 heteroatoms. The second kappa shape index (κ2) is 3.87. The van der Waals surface area contributed by atoms with Crippen LogP contribution >= 0.6 is 0 Å². The van der Waals surface area contributed by atoms with Crippen molar-refractivity contribution in [3.63, 3.8) is 0 Å². The summed E-state index contributed by atoms with van der Waals surface area (Å²) in [5.41, 5.74) is 0. The molecule has 6 atom stereocenters. The lowest BCUT2D eigenvalue weighted by atomic mass is 9.96. The smallest absolute Gasteiger partial charge is 0.184 e. The number of ether oxygens (including phenoxy) is 1. The standard InChI is InChI=1S/C7H14O6/c1-2(8)6-4(10)3(9)5(11)7(12)13-6/h2-12H,1H3/t2-,3+,4+,5+,6-,7-/m1/s1. The molecule has 0 aromatic heterocycles. The Morgan fingerprint density at radius 3 is 2.00 bits per heavy atom. The first-order valence-corrected chi connectivity index (χ1v) is 4.01. The normalized spacial score (nSPS) is 48.9. The second-order valence-corrected chi connectivity index (χ2v) is 3.20. The molecule has 1 heterocycles. The Balaban J connectivity index is 2.70. The highest BCUT2D eigenvalue weighted by Crippen LogP contribution is 2.21. The summed E-state index contributed by atoms with van der Waals surface area (Å²) in [7, 11) is 0. The first kappa shape index (κ1) is 10.8. The molecule has 0 aromatic carbocycles. The third kappa shape index (κ3) is 1.98. The Bertz CT molecular complexity index is 172. The summed E-state index contributed by atoms with van der Waals surface area (Å²) in [6.45, 7) is 1.35. The van der Waals surface area contributed by atoms with Crippen LogP contribution in [-0.2, 0) is 4.74 Å². The van der Waals surface area contributed by atoms with Crippen molar-refractivity contribution < 1.29 is 30.3 Å². The molecule has 78 valence electrons. The minimum absolute atomic E-state index is 1.04. The maximum Gasteiger partial charge on any atom is 0.184 e. The maximum atomic E-state index is 9.29. The van der Waals surface area contributed by atoms with Crippen LogP contribution < -0.4 is 0 Å². The van der Waals surface area contributed by atoms with Crippen molar-refractivity contribution in [3.8, 4) is 0 Å². The van der Waals surface area contributed by atoms with E-state index in [-0.39, 0.29) is 0 Å². The van der Waals surface area contributed by atoms with Crippen molar-refractivity contribution in [1.29, 1.82) is 0 Å². The molecule has 0 aromatic rings. The first-order chi connectivity index (χ1) is 5.95. The molecule has 0 bridgehead atoms. The zero-order valence-electron chi connectivity index (χ0n) is 7.11. The molecular formula is C7H14O6. The average molecular weight is 194 g/mol. The second-order valence-electron chi connectivity index (χ2n) is 3.20. The van der Waals surface area contributed by atoms with Crippen LogP contribution in [0.3, 0.4) is 0 Å². The largest absolute Gasteiger partial charge is 0.391 e. The lowest BCUT2D eigenvalue weighted by Gasteiger charge is -2.39. The number of hydrogen-bond donors (Lipinski definition) is 5. The van der Waals surface area contributed by atoms with Gasteiger partial charge in [0.25, 0.3) is 0 Å². The highest BCUT2D eigenvalue weighted by atomic mass is 16.6. The van der Waals surface area contributed by atoms with Gasteiger partial charge in [-0.1, -0.05) is 0 Å². The minimum Gasteiger partial charge on any atom is -0.391 e. The minimum atomic E-state index is -1.59. The van der Waals surface area contributed by atoms with E-state index in [1.807, 2.05) is 0 Å². The topological polar surface area (TPSA) is 110 Å². The molecule has 1 saturated heterocycles. The highest BCUT2D eigenvalue weighted by Gasteiger charge is 2.44. The molecule has 0 spiro atoms. The number of aliphatic hydroxyl groups is 5. The van der Waals surface area contributed by atoms with Gasteiger partial charge in [-0.3, -0.25) is 0 Å². The molecule has 5 N–H and O–H groups in total. The van der Waals surface area contributed by atoms with Gasteiger partial charge in [-0.2, -0.15) is 0 Å². The lowest BCUT2D eigenvalue weighted by molar-refractivity contribution is -0.295. The van der Waals surface area contributed by atoms with E-state index in [1.165, 1.54) is 6.92 Å². The van der Waals surface area contributed by atoms with Crippen LogP contribution in [0.5, 0.6) is 0 Å². The molecule has 6 nitrogen and oxygen atoms in total. The molecule has 1 aliphatic rings. The predicted molar refractivity (Wildman–Crippen MR) is 40.6 cm³/mol. The molecular weight excluding hydrogens is 180 g/mol. The molecule has 0 radical (unpaired) electrons. The van der Waals surface area contributed by atoms with Crippen LogP contribution in [-0.4, -0.2) is 62.3 Å². The molecule has 0 unspecified atom stereocenters. The molecule has 0 aliphatic carbocycles. The van der Waals surface area contributed by atoms with Crippen LogP contribution in [0.15, 0.2) is 0 Å². The van der Waals surface area contributed by atoms with Gasteiger partial charge in [0.15, 0.2) is 6.29 Å². The van der Waals surface area contributed by atoms with E-state index in [0.717, 1.165) is 0 Å². The van der Waals surface area contributed by atoms with Gasteiger partial charge in [-0.25, -0.2) is 0 Å². The fraction of sp³-hybridized carbons (Fsp3) is 1.00. The van der Waals surface area contributed by atoms with Crippen molar-refractivity contribution in [2.75, 3.05) is 0 Å². The Morgan fingerprint density at radius 1 is 1.00 bits per heavy atom. The van der Waals surface area contributed by atoms with E-state index >= 15 is 0 Å². The van der Waals surface area contributed by atoms with Crippen LogP contribution in [0.2, 0.25) is 0 Å². The molecule has 13 heavy (non-hydrogen) atoms. The Hall–Kier alpha value is -0.240. The summed E-state index contributed by atoms with van der Waals surface area (Å²) in [4.78, 5) is 0. The summed E-state index contributed by atoms with van der Waals surface area (Å²) in [5, 5.41) is 45.6. The number of rotatable bonds is 1. The quantitative estimate of drug-likeness (QED) is 0.308. The van der Waals surface area contributed by atoms with E-state index in [9.17, 15) is 10.2 Å². The van der Waals surface area contributed by atoms with Gasteiger partial charge in [-0.05, 0) is 6.92 Å². The monoisotopic (exact) mass is 194 g/mol. The Morgan fingerprint density at radius 2 is 1.54 bits per heavy atom. The highest BCUT2D eigenvalue weighted by molar-refractivity contribution is 4.90. The van der Waals surface area contributed by atoms with Gasteiger partial charge in [0.05, 0.1) is 6.10 Å². The van der Waals surface area contributed by atoms with Gasteiger partial charge in [-0.15, -0.1) is 0 Å². The van der Waals surface area contributed by atoms with Crippen LogP contribution in [0, 0.1) is 0 Å². The zero-order chi connectivity index (χ0) is 10.2. The third-order valence-corrected chi connectivity index (χ3v) is 2.10. The van der Waals surface area contributed by atoms with Crippen molar-refractivity contribution >= 4 is 0 Å². The van der Waals surface area contributed by atoms with E-state index in [1.54, 1.807) is 0 Å². The van der Waals surface area contributed by atoms with Crippen LogP contribution in [0.4, 0.5) is 0 Å². The molecule has 0 saturated carbocycles. The fourth-order valence-electron chi connectivity index (χ4n) is 1.29. The Labute approximate surface area is 75.0 Å². The van der Waals surface area contributed by atoms with E-state index in [0.29, 0.717) is 0 Å². The van der Waals surface area contributed by atoms with Crippen molar-refractivity contribution in [3.05, 3.63) is 0 Å². The number of hydrogen-bond acceptors (Lipinski definition) is 6. The van der Waals surface area contributed by atoms with E-state index in [4.69, 9.17) is 15.3 Å². The summed E-state index contributed by atoms with van der Waals surface area (Å²) in [5.74, 6) is 0. The van der Waals surface area contributed by atoms with Crippen molar-refractivity contribution in [2.24, 2.45) is 0 Å². The lowest BCUT2D eigenvalue weighted by Crippen LogP contribution is -2.60. The first-order valence-electron chi connectivity index (χ1n) is 4.01. The van der Waals surface area contributed by atoms with Gasteiger partial charge < -0.3 is 30.3 Å². The van der Waals surface area contributed by atoms with Gasteiger partial charge in [0.2, 0.25) is 0 Å². The Kier molecular flexibility index (Phi) is 3.23. The van der Waals surface area contributed by atoms with Gasteiger partial charge in [0, 0.05) is 0 Å². The van der Waals surface area contributed by atoms with Crippen LogP contribution in [0.1, 0.15) is 6.92 Å². The average Bonchev–Trinajstić information content (AvgIpc) is 2.07. The zero-order valence-corrected chi connectivity index (χ0v) is 7.11. The summed E-state index contributed by atoms with van der Waals surface area (Å²) < 4.78 is 4.69. The number of aliphatic hydroxyl groups excluding tert-OH is 5. The maximum absolute atomic E-state index is 9.29.